The van der Waals surface area contributed by atoms with Crippen molar-refractivity contribution in [1.29, 1.82) is 0 Å². The van der Waals surface area contributed by atoms with E-state index < -0.39 is 6.10 Å². The van der Waals surface area contributed by atoms with E-state index in [-0.39, 0.29) is 30.8 Å². The van der Waals surface area contributed by atoms with Crippen molar-refractivity contribution in [2.24, 2.45) is 5.92 Å². The number of nitrogens with one attached hydrogen (secondary N) is 2. The molecule has 0 heterocycles. The van der Waals surface area contributed by atoms with Crippen molar-refractivity contribution in [1.82, 2.24) is 10.6 Å². The molecule has 0 aliphatic rings. The first-order valence-electron chi connectivity index (χ1n) is 5.68. The van der Waals surface area contributed by atoms with E-state index in [1.54, 1.807) is 0 Å². The van der Waals surface area contributed by atoms with E-state index in [0.717, 1.165) is 6.42 Å². The van der Waals surface area contributed by atoms with Gasteiger partial charge in [-0.15, -0.1) is 0 Å². The third-order valence-electron chi connectivity index (χ3n) is 2.20. The first-order valence-corrected chi connectivity index (χ1v) is 5.68. The van der Waals surface area contributed by atoms with Crippen LogP contribution in [0.25, 0.3) is 0 Å². The van der Waals surface area contributed by atoms with E-state index >= 15 is 0 Å². The van der Waals surface area contributed by atoms with E-state index in [0.29, 0.717) is 6.42 Å². The summed E-state index contributed by atoms with van der Waals surface area (Å²) in [7, 11) is 0. The molecule has 5 nitrogen and oxygen atoms in total. The first-order chi connectivity index (χ1) is 7.47. The number of hydrogen-bond acceptors (Lipinski definition) is 3. The smallest absolute Gasteiger partial charge is 0.239 e. The largest absolute Gasteiger partial charge is 0.391 e. The number of aliphatic hydroxyl groups is 1. The van der Waals surface area contributed by atoms with Crippen molar-refractivity contribution in [2.45, 2.75) is 39.7 Å². The average molecular weight is 230 g/mol. The molecule has 0 saturated heterocycles. The lowest BCUT2D eigenvalue weighted by Crippen LogP contribution is -2.41. The van der Waals surface area contributed by atoms with Crippen LogP contribution in [-0.2, 0) is 9.59 Å². The Morgan fingerprint density at radius 3 is 2.31 bits per heavy atom. The molecular formula is C11H22N2O3. The molecular weight excluding hydrogens is 208 g/mol. The number of carbonyl (C=O) groups is 2. The Kier molecular flexibility index (Phi) is 7.54. The van der Waals surface area contributed by atoms with Crippen molar-refractivity contribution >= 4 is 11.8 Å². The lowest BCUT2D eigenvalue weighted by atomic mass is 10.1. The molecule has 16 heavy (non-hydrogen) atoms. The summed E-state index contributed by atoms with van der Waals surface area (Å²) in [5, 5.41) is 14.5. The van der Waals surface area contributed by atoms with Crippen molar-refractivity contribution in [3.63, 3.8) is 0 Å². The zero-order valence-corrected chi connectivity index (χ0v) is 10.2. The van der Waals surface area contributed by atoms with Gasteiger partial charge < -0.3 is 15.7 Å². The predicted molar refractivity (Wildman–Crippen MR) is 61.8 cm³/mol. The molecule has 94 valence electrons. The molecule has 0 bridgehead atoms. The van der Waals surface area contributed by atoms with Gasteiger partial charge in [-0.2, -0.15) is 0 Å². The van der Waals surface area contributed by atoms with E-state index in [1.807, 2.05) is 20.8 Å². The minimum atomic E-state index is -0.546. The normalized spacial score (nSPS) is 12.3. The Bertz CT molecular complexity index is 229. The van der Waals surface area contributed by atoms with Gasteiger partial charge in [0.25, 0.3) is 0 Å². The van der Waals surface area contributed by atoms with E-state index in [1.165, 1.54) is 0 Å². The fourth-order valence-electron chi connectivity index (χ4n) is 1.01. The van der Waals surface area contributed by atoms with Crippen LogP contribution < -0.4 is 10.6 Å². The molecule has 0 saturated carbocycles. The van der Waals surface area contributed by atoms with Gasteiger partial charge in [0.05, 0.1) is 12.6 Å². The zero-order chi connectivity index (χ0) is 12.6. The lowest BCUT2D eigenvalue weighted by Gasteiger charge is -2.15. The summed E-state index contributed by atoms with van der Waals surface area (Å²) in [5.74, 6) is -0.291. The Labute approximate surface area is 96.6 Å². The highest BCUT2D eigenvalue weighted by Crippen LogP contribution is 1.98. The Hall–Kier alpha value is -1.10. The van der Waals surface area contributed by atoms with Crippen LogP contribution in [0.2, 0.25) is 0 Å². The molecule has 0 aliphatic carbocycles. The molecule has 0 radical (unpaired) electrons. The summed E-state index contributed by atoms with van der Waals surface area (Å²) in [4.78, 5) is 22.3. The minimum Gasteiger partial charge on any atom is -0.391 e. The number of aliphatic hydroxyl groups excluding tert-OH is 1. The number of rotatable bonds is 7. The van der Waals surface area contributed by atoms with Gasteiger partial charge in [0.1, 0.15) is 0 Å². The fourth-order valence-corrected chi connectivity index (χ4v) is 1.01. The lowest BCUT2D eigenvalue weighted by molar-refractivity contribution is -0.126. The van der Waals surface area contributed by atoms with Gasteiger partial charge in [-0.05, 0) is 12.3 Å². The molecule has 0 rings (SSSR count). The Morgan fingerprint density at radius 2 is 1.81 bits per heavy atom. The highest BCUT2D eigenvalue weighted by Gasteiger charge is 2.10. The van der Waals surface area contributed by atoms with Gasteiger partial charge in [0.2, 0.25) is 11.8 Å². The molecule has 0 aromatic carbocycles. The quantitative estimate of drug-likeness (QED) is 0.577. The van der Waals surface area contributed by atoms with Gasteiger partial charge in [-0.25, -0.2) is 0 Å². The van der Waals surface area contributed by atoms with Gasteiger partial charge in [0.15, 0.2) is 0 Å². The van der Waals surface area contributed by atoms with Crippen LogP contribution in [0.1, 0.15) is 33.6 Å². The van der Waals surface area contributed by atoms with Crippen molar-refractivity contribution in [3.05, 3.63) is 0 Å². The second-order valence-electron chi connectivity index (χ2n) is 4.14. The van der Waals surface area contributed by atoms with Crippen molar-refractivity contribution in [3.8, 4) is 0 Å². The Balaban J connectivity index is 3.63. The molecule has 1 unspecified atom stereocenters. The summed E-state index contributed by atoms with van der Waals surface area (Å²) in [5.41, 5.74) is 0. The Morgan fingerprint density at radius 1 is 1.19 bits per heavy atom. The summed E-state index contributed by atoms with van der Waals surface area (Å²) in [6.45, 7) is 5.85. The van der Waals surface area contributed by atoms with Crippen molar-refractivity contribution in [2.75, 3.05) is 13.1 Å². The minimum absolute atomic E-state index is 0.0242. The summed E-state index contributed by atoms with van der Waals surface area (Å²) >= 11 is 0. The van der Waals surface area contributed by atoms with E-state index in [2.05, 4.69) is 10.6 Å². The third kappa shape index (κ3) is 7.23. The van der Waals surface area contributed by atoms with Crippen LogP contribution in [0.3, 0.4) is 0 Å². The number of carbonyl (C=O) groups excluding carboxylic acids is 2. The van der Waals surface area contributed by atoms with Crippen LogP contribution in [0, 0.1) is 5.92 Å². The van der Waals surface area contributed by atoms with Crippen LogP contribution >= 0.6 is 0 Å². The summed E-state index contributed by atoms with van der Waals surface area (Å²) in [6, 6.07) is 0. The maximum Gasteiger partial charge on any atom is 0.239 e. The first kappa shape index (κ1) is 14.9. The fraction of sp³-hybridized carbons (Fsp3) is 0.818. The second-order valence-corrected chi connectivity index (χ2v) is 4.14. The molecule has 2 amide bonds. The molecule has 0 aromatic heterocycles. The van der Waals surface area contributed by atoms with Crippen LogP contribution in [-0.4, -0.2) is 36.1 Å². The summed E-state index contributed by atoms with van der Waals surface area (Å²) < 4.78 is 0. The second kappa shape index (κ2) is 8.10. The SMILES string of the molecule is CCCC(=O)NCC(=O)NCC(O)C(C)C. The summed E-state index contributed by atoms with van der Waals surface area (Å²) in [6.07, 6.45) is 0.650. The maximum atomic E-state index is 11.2. The van der Waals surface area contributed by atoms with Gasteiger partial charge >= 0.3 is 0 Å². The van der Waals surface area contributed by atoms with Crippen LogP contribution in [0.15, 0.2) is 0 Å². The van der Waals surface area contributed by atoms with Gasteiger partial charge in [0, 0.05) is 13.0 Å². The van der Waals surface area contributed by atoms with Crippen LogP contribution in [0.4, 0.5) is 0 Å². The molecule has 0 aromatic rings. The molecule has 3 N–H and O–H groups in total. The van der Waals surface area contributed by atoms with Crippen LogP contribution in [0.5, 0.6) is 0 Å². The average Bonchev–Trinajstić information content (AvgIpc) is 2.23. The topological polar surface area (TPSA) is 78.4 Å². The standard InChI is InChI=1S/C11H22N2O3/c1-4-5-10(15)13-7-11(16)12-6-9(14)8(2)3/h8-9,14H,4-7H2,1-3H3,(H,12,16)(H,13,15). The van der Waals surface area contributed by atoms with Gasteiger partial charge in [-0.1, -0.05) is 20.8 Å². The monoisotopic (exact) mass is 230 g/mol. The number of hydrogen-bond donors (Lipinski definition) is 3. The molecule has 0 aliphatic heterocycles. The maximum absolute atomic E-state index is 11.2. The third-order valence-corrected chi connectivity index (χ3v) is 2.20. The van der Waals surface area contributed by atoms with Crippen molar-refractivity contribution < 1.29 is 14.7 Å². The predicted octanol–water partition coefficient (Wildman–Crippen LogP) is 0.0358. The molecule has 5 heteroatoms. The zero-order valence-electron chi connectivity index (χ0n) is 10.2. The highest BCUT2D eigenvalue weighted by atomic mass is 16.3. The number of amides is 2. The van der Waals surface area contributed by atoms with E-state index in [4.69, 9.17) is 0 Å². The highest BCUT2D eigenvalue weighted by molar-refractivity contribution is 5.84. The molecule has 1 atom stereocenters. The molecule has 0 fully saturated rings. The van der Waals surface area contributed by atoms with E-state index in [9.17, 15) is 14.7 Å². The molecule has 0 spiro atoms. The van der Waals surface area contributed by atoms with Gasteiger partial charge in [-0.3, -0.25) is 9.59 Å².